The number of methoxy groups -OCH3 is 6. The predicted molar refractivity (Wildman–Crippen MR) is 138 cm³/mol. The highest BCUT2D eigenvalue weighted by atomic mass is 16.5. The first-order valence-corrected chi connectivity index (χ1v) is 11.9. The van der Waals surface area contributed by atoms with Gasteiger partial charge in [0.1, 0.15) is 0 Å². The highest BCUT2D eigenvalue weighted by Crippen LogP contribution is 2.58. The Hall–Kier alpha value is -3.62. The second-order valence-corrected chi connectivity index (χ2v) is 9.11. The van der Waals surface area contributed by atoms with Crippen molar-refractivity contribution in [2.45, 2.75) is 25.0 Å². The average molecular weight is 511 g/mol. The van der Waals surface area contributed by atoms with Crippen LogP contribution in [0.1, 0.15) is 34.5 Å². The fraction of sp³-hybridized carbons (Fsp3) is 0.379. The molecule has 0 aliphatic heterocycles. The van der Waals surface area contributed by atoms with Crippen molar-refractivity contribution in [1.29, 1.82) is 0 Å². The predicted octanol–water partition coefficient (Wildman–Crippen LogP) is 4.29. The Morgan fingerprint density at radius 2 is 0.838 bits per heavy atom. The Balaban J connectivity index is 1.85. The SMILES string of the molecule is COc1ccc(CC2(Cc3ccc(OC)c(OC)c3)[C@H](O)c3cc(OC)c(OC)cc3[C@H]2O)cc1OC. The molecule has 0 spiro atoms. The van der Waals surface area contributed by atoms with E-state index in [0.717, 1.165) is 11.1 Å². The standard InChI is InChI=1S/C29H34O8/c1-32-21-9-7-17(11-23(21)34-3)15-29(16-18-8-10-22(33-2)24(12-18)35-4)27(30)19-13-25(36-5)26(37-6)14-20(19)28(29)31/h7-14,27-28,30-31H,15-16H2,1-6H3/t27-,28-/m1/s1. The third kappa shape index (κ3) is 4.63. The molecule has 0 fully saturated rings. The van der Waals surface area contributed by atoms with Crippen LogP contribution in [0.5, 0.6) is 34.5 Å². The summed E-state index contributed by atoms with van der Waals surface area (Å²) in [5.41, 5.74) is 1.95. The average Bonchev–Trinajstić information content (AvgIpc) is 3.12. The minimum atomic E-state index is -1.01. The molecule has 0 aromatic heterocycles. The van der Waals surface area contributed by atoms with Gasteiger partial charge in [-0.3, -0.25) is 0 Å². The van der Waals surface area contributed by atoms with Crippen molar-refractivity contribution in [3.63, 3.8) is 0 Å². The zero-order chi connectivity index (χ0) is 26.7. The Morgan fingerprint density at radius 1 is 0.514 bits per heavy atom. The van der Waals surface area contributed by atoms with Gasteiger partial charge in [-0.15, -0.1) is 0 Å². The summed E-state index contributed by atoms with van der Waals surface area (Å²) < 4.78 is 32.8. The van der Waals surface area contributed by atoms with Crippen LogP contribution in [-0.2, 0) is 12.8 Å². The van der Waals surface area contributed by atoms with Crippen LogP contribution in [0.4, 0.5) is 0 Å². The minimum absolute atomic E-state index is 0.351. The summed E-state index contributed by atoms with van der Waals surface area (Å²) >= 11 is 0. The van der Waals surface area contributed by atoms with Crippen molar-refractivity contribution in [2.24, 2.45) is 5.41 Å². The molecule has 0 amide bonds. The van der Waals surface area contributed by atoms with Gasteiger partial charge in [-0.1, -0.05) is 12.1 Å². The molecule has 1 aliphatic carbocycles. The molecule has 0 bridgehead atoms. The normalized spacial score (nSPS) is 17.6. The fourth-order valence-electron chi connectivity index (χ4n) is 5.34. The molecule has 1 aliphatic rings. The van der Waals surface area contributed by atoms with Crippen LogP contribution in [0.2, 0.25) is 0 Å². The lowest BCUT2D eigenvalue weighted by Gasteiger charge is -2.37. The van der Waals surface area contributed by atoms with Crippen LogP contribution in [0.25, 0.3) is 0 Å². The van der Waals surface area contributed by atoms with Gasteiger partial charge in [0.2, 0.25) is 0 Å². The van der Waals surface area contributed by atoms with Crippen LogP contribution < -0.4 is 28.4 Å². The molecule has 3 aromatic rings. The maximum Gasteiger partial charge on any atom is 0.161 e. The smallest absolute Gasteiger partial charge is 0.161 e. The molecule has 0 saturated carbocycles. The van der Waals surface area contributed by atoms with E-state index in [-0.39, 0.29) is 0 Å². The van der Waals surface area contributed by atoms with E-state index in [2.05, 4.69) is 0 Å². The number of aliphatic hydroxyl groups is 2. The first-order chi connectivity index (χ1) is 17.8. The van der Waals surface area contributed by atoms with Gasteiger partial charge in [0.15, 0.2) is 34.5 Å². The number of hydrogen-bond acceptors (Lipinski definition) is 8. The number of ether oxygens (including phenoxy) is 6. The quantitative estimate of drug-likeness (QED) is 0.417. The van der Waals surface area contributed by atoms with Gasteiger partial charge in [0, 0.05) is 5.41 Å². The number of fused-ring (bicyclic) bond motifs is 1. The summed E-state index contributed by atoms with van der Waals surface area (Å²) in [5.74, 6) is 3.32. The molecule has 2 atom stereocenters. The molecule has 0 saturated heterocycles. The van der Waals surface area contributed by atoms with Gasteiger partial charge in [0.25, 0.3) is 0 Å². The van der Waals surface area contributed by atoms with Gasteiger partial charge in [-0.2, -0.15) is 0 Å². The molecular weight excluding hydrogens is 476 g/mol. The van der Waals surface area contributed by atoms with E-state index in [1.165, 1.54) is 0 Å². The summed E-state index contributed by atoms with van der Waals surface area (Å²) in [7, 11) is 9.41. The molecule has 198 valence electrons. The third-order valence-electron chi connectivity index (χ3n) is 7.23. The summed E-state index contributed by atoms with van der Waals surface area (Å²) in [4.78, 5) is 0. The van der Waals surface area contributed by atoms with Gasteiger partial charge >= 0.3 is 0 Å². The molecule has 0 heterocycles. The molecule has 3 aromatic carbocycles. The van der Waals surface area contributed by atoms with Crippen LogP contribution in [0, 0.1) is 5.41 Å². The van der Waals surface area contributed by atoms with Gasteiger partial charge < -0.3 is 38.6 Å². The lowest BCUT2D eigenvalue weighted by Crippen LogP contribution is -2.35. The first-order valence-electron chi connectivity index (χ1n) is 11.9. The molecule has 0 unspecified atom stereocenters. The van der Waals surface area contributed by atoms with Crippen LogP contribution in [0.15, 0.2) is 48.5 Å². The number of aliphatic hydroxyl groups excluding tert-OH is 2. The highest BCUT2D eigenvalue weighted by molar-refractivity contribution is 5.54. The van der Waals surface area contributed by atoms with Gasteiger partial charge in [-0.05, 0) is 71.5 Å². The molecular formula is C29H34O8. The maximum atomic E-state index is 11.9. The zero-order valence-electron chi connectivity index (χ0n) is 22.0. The summed E-state index contributed by atoms with van der Waals surface area (Å²) in [6, 6.07) is 14.7. The Labute approximate surface area is 217 Å². The zero-order valence-corrected chi connectivity index (χ0v) is 22.0. The van der Waals surface area contributed by atoms with Crippen molar-refractivity contribution in [2.75, 3.05) is 42.7 Å². The molecule has 0 radical (unpaired) electrons. The number of hydrogen-bond donors (Lipinski definition) is 2. The maximum absolute atomic E-state index is 11.9. The van der Waals surface area contributed by atoms with Crippen molar-refractivity contribution >= 4 is 0 Å². The van der Waals surface area contributed by atoms with Crippen LogP contribution in [0.3, 0.4) is 0 Å². The van der Waals surface area contributed by atoms with E-state index in [1.54, 1.807) is 54.8 Å². The monoisotopic (exact) mass is 510 g/mol. The molecule has 4 rings (SSSR count). The van der Waals surface area contributed by atoms with E-state index < -0.39 is 17.6 Å². The van der Waals surface area contributed by atoms with Crippen molar-refractivity contribution in [1.82, 2.24) is 0 Å². The highest BCUT2D eigenvalue weighted by Gasteiger charge is 2.53. The fourth-order valence-corrected chi connectivity index (χ4v) is 5.34. The largest absolute Gasteiger partial charge is 0.493 e. The van der Waals surface area contributed by atoms with E-state index in [9.17, 15) is 10.2 Å². The van der Waals surface area contributed by atoms with E-state index in [1.807, 2.05) is 36.4 Å². The lowest BCUT2D eigenvalue weighted by atomic mass is 9.71. The topological polar surface area (TPSA) is 95.8 Å². The Kier molecular flexibility index (Phi) is 7.71. The Bertz CT molecular complexity index is 1160. The Morgan fingerprint density at radius 3 is 1.16 bits per heavy atom. The van der Waals surface area contributed by atoms with Crippen LogP contribution in [-0.4, -0.2) is 52.9 Å². The molecule has 8 heteroatoms. The molecule has 8 nitrogen and oxygen atoms in total. The minimum Gasteiger partial charge on any atom is -0.493 e. The van der Waals surface area contributed by atoms with E-state index in [0.29, 0.717) is 58.5 Å². The first kappa shape index (κ1) is 26.4. The van der Waals surface area contributed by atoms with Crippen LogP contribution >= 0.6 is 0 Å². The second kappa shape index (κ2) is 10.8. The van der Waals surface area contributed by atoms with E-state index in [4.69, 9.17) is 28.4 Å². The second-order valence-electron chi connectivity index (χ2n) is 9.11. The van der Waals surface area contributed by atoms with E-state index >= 15 is 0 Å². The van der Waals surface area contributed by atoms with Gasteiger partial charge in [-0.25, -0.2) is 0 Å². The number of rotatable bonds is 10. The lowest BCUT2D eigenvalue weighted by molar-refractivity contribution is -0.0537. The summed E-state index contributed by atoms with van der Waals surface area (Å²) in [5, 5.41) is 23.7. The molecule has 37 heavy (non-hydrogen) atoms. The molecule has 2 N–H and O–H groups in total. The van der Waals surface area contributed by atoms with Crippen molar-refractivity contribution in [3.8, 4) is 34.5 Å². The van der Waals surface area contributed by atoms with Crippen molar-refractivity contribution in [3.05, 3.63) is 70.8 Å². The number of benzene rings is 3. The van der Waals surface area contributed by atoms with Crippen molar-refractivity contribution < 1.29 is 38.6 Å². The third-order valence-corrected chi connectivity index (χ3v) is 7.23. The van der Waals surface area contributed by atoms with Gasteiger partial charge in [0.05, 0.1) is 54.9 Å². The summed E-state index contributed by atoms with van der Waals surface area (Å²) in [6.45, 7) is 0. The summed E-state index contributed by atoms with van der Waals surface area (Å²) in [6.07, 6.45) is -1.30.